The van der Waals surface area contributed by atoms with Gasteiger partial charge in [-0.1, -0.05) is 12.1 Å². The summed E-state index contributed by atoms with van der Waals surface area (Å²) in [6.45, 7) is 2.05. The molecule has 0 unspecified atom stereocenters. The second-order valence-electron chi connectivity index (χ2n) is 5.68. The van der Waals surface area contributed by atoms with Crippen molar-refractivity contribution in [1.82, 2.24) is 10.2 Å². The molecule has 1 aromatic carbocycles. The largest absolute Gasteiger partial charge is 0.462 e. The summed E-state index contributed by atoms with van der Waals surface area (Å²) in [5.74, 6) is -0.581. The molecule has 2 heterocycles. The lowest BCUT2D eigenvalue weighted by Gasteiger charge is -2.24. The van der Waals surface area contributed by atoms with Gasteiger partial charge < -0.3 is 9.15 Å². The molecule has 1 aromatic heterocycles. The van der Waals surface area contributed by atoms with Crippen molar-refractivity contribution in [3.05, 3.63) is 53.3 Å². The highest BCUT2D eigenvalue weighted by Gasteiger charge is 2.31. The van der Waals surface area contributed by atoms with Crippen LogP contribution in [-0.4, -0.2) is 41.5 Å². The normalized spacial score (nSPS) is 15.9. The van der Waals surface area contributed by atoms with Crippen molar-refractivity contribution < 1.29 is 23.5 Å². The van der Waals surface area contributed by atoms with Crippen molar-refractivity contribution in [3.63, 3.8) is 0 Å². The molecule has 0 aliphatic carbocycles. The third kappa shape index (κ3) is 3.80. The second-order valence-corrected chi connectivity index (χ2v) is 6.07. The van der Waals surface area contributed by atoms with E-state index in [9.17, 15) is 14.4 Å². The molecule has 0 bridgehead atoms. The van der Waals surface area contributed by atoms with Crippen LogP contribution >= 0.6 is 12.2 Å². The maximum absolute atomic E-state index is 12.2. The third-order valence-corrected chi connectivity index (χ3v) is 4.27. The van der Waals surface area contributed by atoms with E-state index in [0.717, 1.165) is 5.56 Å². The number of rotatable bonds is 4. The number of esters is 1. The number of amides is 2. The van der Waals surface area contributed by atoms with Crippen LogP contribution < -0.4 is 5.32 Å². The molecule has 2 amide bonds. The monoisotopic (exact) mass is 384 g/mol. The molecule has 138 valence electrons. The molecule has 0 atom stereocenters. The number of carbonyl (C=O) groups is 3. The quantitative estimate of drug-likeness (QED) is 0.377. The molecule has 2 aromatic rings. The first-order valence-corrected chi connectivity index (χ1v) is 8.54. The molecule has 0 radical (unpaired) electrons. The van der Waals surface area contributed by atoms with E-state index in [1.54, 1.807) is 43.3 Å². The van der Waals surface area contributed by atoms with Crippen molar-refractivity contribution in [2.75, 3.05) is 13.7 Å². The van der Waals surface area contributed by atoms with Gasteiger partial charge in [0.05, 0.1) is 12.2 Å². The molecule has 1 fully saturated rings. The van der Waals surface area contributed by atoms with Crippen LogP contribution in [0.3, 0.4) is 0 Å². The van der Waals surface area contributed by atoms with E-state index < -0.39 is 17.8 Å². The van der Waals surface area contributed by atoms with Crippen molar-refractivity contribution in [1.29, 1.82) is 0 Å². The van der Waals surface area contributed by atoms with E-state index in [1.807, 2.05) is 0 Å². The number of nitrogens with one attached hydrogen (secondary N) is 1. The van der Waals surface area contributed by atoms with Crippen LogP contribution in [0.25, 0.3) is 17.4 Å². The number of thiocarbonyl (C=S) groups is 1. The minimum Gasteiger partial charge on any atom is -0.462 e. The number of benzene rings is 1. The molecule has 3 rings (SSSR count). The van der Waals surface area contributed by atoms with Gasteiger partial charge in [0.25, 0.3) is 11.8 Å². The van der Waals surface area contributed by atoms with E-state index in [0.29, 0.717) is 23.7 Å². The Balaban J connectivity index is 1.83. The van der Waals surface area contributed by atoms with Crippen LogP contribution in [0.2, 0.25) is 0 Å². The first-order chi connectivity index (χ1) is 12.9. The molecule has 7 nitrogen and oxygen atoms in total. The number of hydrogen-bond acceptors (Lipinski definition) is 6. The van der Waals surface area contributed by atoms with Gasteiger partial charge in [-0.2, -0.15) is 0 Å². The molecule has 1 saturated heterocycles. The highest BCUT2D eigenvalue weighted by atomic mass is 32.1. The minimum absolute atomic E-state index is 0.0592. The highest BCUT2D eigenvalue weighted by Crippen LogP contribution is 2.24. The Bertz CT molecular complexity index is 959. The smallest absolute Gasteiger partial charge is 0.338 e. The number of hydrogen-bond donors (Lipinski definition) is 1. The summed E-state index contributed by atoms with van der Waals surface area (Å²) in [6, 6.07) is 10.1. The fraction of sp³-hybridized carbons (Fsp3) is 0.158. The summed E-state index contributed by atoms with van der Waals surface area (Å²) in [5, 5.41) is 2.50. The van der Waals surface area contributed by atoms with Crippen molar-refractivity contribution in [3.8, 4) is 11.3 Å². The standard InChI is InChI=1S/C19H16N2O5S/c1-3-25-18(24)12-6-4-11(5-7-12)15-9-8-13(26-15)10-14-16(22)20-19(27)21(2)17(14)23/h4-10H,3H2,1-2H3,(H,20,22,27)/b14-10+. The lowest BCUT2D eigenvalue weighted by molar-refractivity contribution is -0.128. The third-order valence-electron chi connectivity index (χ3n) is 3.90. The molecule has 8 heteroatoms. The molecule has 1 N–H and O–H groups in total. The first kappa shape index (κ1) is 18.5. The van der Waals surface area contributed by atoms with E-state index in [1.165, 1.54) is 18.0 Å². The van der Waals surface area contributed by atoms with E-state index >= 15 is 0 Å². The SMILES string of the molecule is CCOC(=O)c1ccc(-c2ccc(/C=C3\C(=O)NC(=S)N(C)C3=O)o2)cc1. The second kappa shape index (κ2) is 7.55. The Morgan fingerprint density at radius 3 is 2.59 bits per heavy atom. The predicted molar refractivity (Wildman–Crippen MR) is 102 cm³/mol. The van der Waals surface area contributed by atoms with Crippen molar-refractivity contribution in [2.24, 2.45) is 0 Å². The molecular formula is C19H16N2O5S. The van der Waals surface area contributed by atoms with Gasteiger partial charge in [0.15, 0.2) is 5.11 Å². The average molecular weight is 384 g/mol. The summed E-state index contributed by atoms with van der Waals surface area (Å²) < 4.78 is 10.6. The van der Waals surface area contributed by atoms with E-state index in [-0.39, 0.29) is 10.7 Å². The zero-order valence-corrected chi connectivity index (χ0v) is 15.5. The lowest BCUT2D eigenvalue weighted by Crippen LogP contribution is -2.52. The molecule has 0 spiro atoms. The molecule has 0 saturated carbocycles. The van der Waals surface area contributed by atoms with Gasteiger partial charge in [0, 0.05) is 12.6 Å². The number of carbonyl (C=O) groups excluding carboxylic acids is 3. The van der Waals surface area contributed by atoms with Gasteiger partial charge in [-0.25, -0.2) is 4.79 Å². The zero-order chi connectivity index (χ0) is 19.6. The van der Waals surface area contributed by atoms with Crippen LogP contribution in [0.1, 0.15) is 23.0 Å². The van der Waals surface area contributed by atoms with Crippen LogP contribution in [-0.2, 0) is 14.3 Å². The number of furan rings is 1. The van der Waals surface area contributed by atoms with Gasteiger partial charge in [0.2, 0.25) is 0 Å². The summed E-state index contributed by atoms with van der Waals surface area (Å²) in [7, 11) is 1.48. The summed E-state index contributed by atoms with van der Waals surface area (Å²) in [6.07, 6.45) is 1.37. The predicted octanol–water partition coefficient (Wildman–Crippen LogP) is 2.38. The zero-order valence-electron chi connectivity index (χ0n) is 14.6. The van der Waals surface area contributed by atoms with Crippen LogP contribution in [0.4, 0.5) is 0 Å². The highest BCUT2D eigenvalue weighted by molar-refractivity contribution is 7.80. The molecule has 1 aliphatic rings. The van der Waals surface area contributed by atoms with Gasteiger partial charge in [-0.3, -0.25) is 19.8 Å². The molecular weight excluding hydrogens is 368 g/mol. The lowest BCUT2D eigenvalue weighted by atomic mass is 10.1. The molecule has 27 heavy (non-hydrogen) atoms. The van der Waals surface area contributed by atoms with Crippen molar-refractivity contribution in [2.45, 2.75) is 6.92 Å². The van der Waals surface area contributed by atoms with Gasteiger partial charge >= 0.3 is 5.97 Å². The molecule has 1 aliphatic heterocycles. The van der Waals surface area contributed by atoms with Crippen LogP contribution in [0, 0.1) is 0 Å². The van der Waals surface area contributed by atoms with Crippen molar-refractivity contribution >= 4 is 41.2 Å². The average Bonchev–Trinajstić information content (AvgIpc) is 3.12. The minimum atomic E-state index is -0.570. The number of likely N-dealkylation sites (N-methyl/N-ethyl adjacent to an activating group) is 1. The van der Waals surface area contributed by atoms with Crippen LogP contribution in [0.5, 0.6) is 0 Å². The fourth-order valence-corrected chi connectivity index (χ4v) is 2.63. The topological polar surface area (TPSA) is 88.9 Å². The Morgan fingerprint density at radius 1 is 1.22 bits per heavy atom. The van der Waals surface area contributed by atoms with Crippen LogP contribution in [0.15, 0.2) is 46.4 Å². The summed E-state index contributed by atoms with van der Waals surface area (Å²) in [4.78, 5) is 37.1. The Labute approximate surface area is 160 Å². The number of ether oxygens (including phenoxy) is 1. The maximum Gasteiger partial charge on any atom is 0.338 e. The first-order valence-electron chi connectivity index (χ1n) is 8.13. The fourth-order valence-electron chi connectivity index (χ4n) is 2.46. The Kier molecular flexibility index (Phi) is 5.18. The summed E-state index contributed by atoms with van der Waals surface area (Å²) >= 11 is 4.90. The Morgan fingerprint density at radius 2 is 1.93 bits per heavy atom. The van der Waals surface area contributed by atoms with E-state index in [4.69, 9.17) is 21.4 Å². The van der Waals surface area contributed by atoms with Gasteiger partial charge in [-0.05, 0) is 49.5 Å². The van der Waals surface area contributed by atoms with Gasteiger partial charge in [-0.15, -0.1) is 0 Å². The Hall–Kier alpha value is -3.26. The number of nitrogens with zero attached hydrogens (tertiary/aromatic N) is 1. The summed E-state index contributed by atoms with van der Waals surface area (Å²) in [5.41, 5.74) is 1.12. The maximum atomic E-state index is 12.2. The van der Waals surface area contributed by atoms with Gasteiger partial charge in [0.1, 0.15) is 17.1 Å². The van der Waals surface area contributed by atoms with E-state index in [2.05, 4.69) is 5.32 Å².